The van der Waals surface area contributed by atoms with Gasteiger partial charge in [-0.15, -0.1) is 0 Å². The van der Waals surface area contributed by atoms with Crippen LogP contribution in [-0.4, -0.2) is 11.7 Å². The van der Waals surface area contributed by atoms with E-state index in [4.69, 9.17) is 0 Å². The van der Waals surface area contributed by atoms with Crippen LogP contribution in [0.2, 0.25) is 0 Å². The zero-order valence-electron chi connectivity index (χ0n) is 14.4. The maximum atomic E-state index is 9.40. The van der Waals surface area contributed by atoms with Crippen LogP contribution in [0, 0.1) is 0 Å². The van der Waals surface area contributed by atoms with E-state index in [1.54, 1.807) is 11.3 Å². The van der Waals surface area contributed by atoms with Crippen LogP contribution in [0.4, 0.5) is 5.69 Å². The molecular formula is C20H21N2OS2+. The van der Waals surface area contributed by atoms with E-state index >= 15 is 0 Å². The van der Waals surface area contributed by atoms with E-state index in [0.717, 1.165) is 18.7 Å². The number of thioether (sulfide) groups is 1. The Labute approximate surface area is 156 Å². The van der Waals surface area contributed by atoms with Crippen LogP contribution in [0.1, 0.15) is 24.4 Å². The van der Waals surface area contributed by atoms with Crippen LogP contribution in [0.3, 0.4) is 0 Å². The lowest BCUT2D eigenvalue weighted by Crippen LogP contribution is -2.33. The molecule has 1 aliphatic heterocycles. The van der Waals surface area contributed by atoms with Gasteiger partial charge in [-0.2, -0.15) is 4.57 Å². The average molecular weight is 370 g/mol. The summed E-state index contributed by atoms with van der Waals surface area (Å²) < 4.78 is 3.58. The number of hydrogen-bond donors (Lipinski definition) is 1. The Kier molecular flexibility index (Phi) is 4.54. The second-order valence-corrected chi connectivity index (χ2v) is 8.07. The molecule has 5 heteroatoms. The fraction of sp³-hybridized carbons (Fsp3) is 0.250. The van der Waals surface area contributed by atoms with Crippen molar-refractivity contribution in [2.75, 3.05) is 11.4 Å². The molecule has 0 spiro atoms. The molecule has 1 aliphatic rings. The van der Waals surface area contributed by atoms with Gasteiger partial charge in [0.05, 0.1) is 23.4 Å². The van der Waals surface area contributed by atoms with Crippen LogP contribution < -0.4 is 9.47 Å². The van der Waals surface area contributed by atoms with Crippen molar-refractivity contribution in [1.29, 1.82) is 0 Å². The number of aromatic nitrogens is 1. The summed E-state index contributed by atoms with van der Waals surface area (Å²) in [5, 5.41) is 11.9. The van der Waals surface area contributed by atoms with E-state index in [2.05, 4.69) is 65.8 Å². The van der Waals surface area contributed by atoms with E-state index in [0.29, 0.717) is 0 Å². The van der Waals surface area contributed by atoms with Crippen molar-refractivity contribution in [1.82, 2.24) is 0 Å². The van der Waals surface area contributed by atoms with Gasteiger partial charge in [0.1, 0.15) is 11.2 Å². The molecule has 3 aromatic rings. The van der Waals surface area contributed by atoms with Crippen LogP contribution in [0.25, 0.3) is 16.3 Å². The first-order valence-electron chi connectivity index (χ1n) is 8.57. The molecule has 0 atom stereocenters. The van der Waals surface area contributed by atoms with Gasteiger partial charge < -0.3 is 10.0 Å². The van der Waals surface area contributed by atoms with Crippen molar-refractivity contribution in [2.24, 2.45) is 0 Å². The molecule has 0 saturated carbocycles. The van der Waals surface area contributed by atoms with Crippen molar-refractivity contribution in [3.63, 3.8) is 0 Å². The summed E-state index contributed by atoms with van der Waals surface area (Å²) in [5.41, 5.74) is 3.50. The molecule has 0 bridgehead atoms. The quantitative estimate of drug-likeness (QED) is 0.679. The number of hydrogen-bond acceptors (Lipinski definition) is 4. The second kappa shape index (κ2) is 6.83. The van der Waals surface area contributed by atoms with Gasteiger partial charge in [0.25, 0.3) is 5.01 Å². The number of para-hydroxylation sites is 1. The minimum atomic E-state index is 0.0885. The van der Waals surface area contributed by atoms with Gasteiger partial charge in [-0.25, -0.2) is 0 Å². The Balaban J connectivity index is 1.81. The SMILES string of the molecule is CCN1/C(=C\c2sc3cc(CO)ccc3[n+]2CC)Sc2ccccc21. The Hall–Kier alpha value is -1.82. The molecule has 0 aliphatic carbocycles. The molecule has 3 nitrogen and oxygen atoms in total. The number of aliphatic hydroxyl groups is 1. The third kappa shape index (κ3) is 2.86. The molecule has 1 N–H and O–H groups in total. The molecule has 0 unspecified atom stereocenters. The summed E-state index contributed by atoms with van der Waals surface area (Å²) in [6, 6.07) is 14.8. The maximum Gasteiger partial charge on any atom is 0.265 e. The monoisotopic (exact) mass is 369 g/mol. The van der Waals surface area contributed by atoms with Crippen LogP contribution >= 0.6 is 23.1 Å². The topological polar surface area (TPSA) is 27.3 Å². The first kappa shape index (κ1) is 16.6. The maximum absolute atomic E-state index is 9.40. The smallest absolute Gasteiger partial charge is 0.265 e. The second-order valence-electron chi connectivity index (χ2n) is 5.94. The van der Waals surface area contributed by atoms with Crippen molar-refractivity contribution in [3.05, 3.63) is 58.1 Å². The van der Waals surface area contributed by atoms with E-state index in [9.17, 15) is 5.11 Å². The normalized spacial score (nSPS) is 15.3. The standard InChI is InChI=1S/C20H21N2OS2/c1-3-21-15-7-5-6-8-17(15)24-19(21)12-20-22(4-2)16-10-9-14(13-23)11-18(16)25-20/h5-12,23H,3-4,13H2,1-2H3/q+1. The van der Waals surface area contributed by atoms with Crippen LogP contribution in [0.5, 0.6) is 0 Å². The number of rotatable bonds is 4. The summed E-state index contributed by atoms with van der Waals surface area (Å²) in [6.07, 6.45) is 2.31. The van der Waals surface area contributed by atoms with Gasteiger partial charge in [-0.1, -0.05) is 41.3 Å². The Bertz CT molecular complexity index is 961. The lowest BCUT2D eigenvalue weighted by molar-refractivity contribution is -0.665. The lowest BCUT2D eigenvalue weighted by Gasteiger charge is -2.17. The average Bonchev–Trinajstić information content (AvgIpc) is 3.17. The zero-order valence-corrected chi connectivity index (χ0v) is 16.0. The number of anilines is 1. The highest BCUT2D eigenvalue weighted by atomic mass is 32.2. The number of thiazole rings is 1. The van der Waals surface area contributed by atoms with E-state index in [1.807, 2.05) is 17.8 Å². The molecule has 4 rings (SSSR count). The third-order valence-electron chi connectivity index (χ3n) is 4.49. The molecule has 0 saturated heterocycles. The fourth-order valence-corrected chi connectivity index (χ4v) is 5.74. The van der Waals surface area contributed by atoms with E-state index < -0.39 is 0 Å². The molecule has 0 amide bonds. The molecule has 2 heterocycles. The summed E-state index contributed by atoms with van der Waals surface area (Å²) in [6.45, 7) is 6.36. The molecule has 2 aromatic carbocycles. The fourth-order valence-electron chi connectivity index (χ4n) is 3.27. The van der Waals surface area contributed by atoms with Gasteiger partial charge >= 0.3 is 0 Å². The summed E-state index contributed by atoms with van der Waals surface area (Å²) >= 11 is 3.63. The highest BCUT2D eigenvalue weighted by molar-refractivity contribution is 8.03. The van der Waals surface area contributed by atoms with Gasteiger partial charge in [0.15, 0.2) is 0 Å². The Morgan fingerprint density at radius 2 is 2.00 bits per heavy atom. The van der Waals surface area contributed by atoms with E-state index in [-0.39, 0.29) is 6.61 Å². The highest BCUT2D eigenvalue weighted by Crippen LogP contribution is 2.46. The van der Waals surface area contributed by atoms with Gasteiger partial charge in [-0.3, -0.25) is 0 Å². The molecule has 1 aromatic heterocycles. The molecular weight excluding hydrogens is 348 g/mol. The number of nitrogens with zero attached hydrogens (tertiary/aromatic N) is 2. The molecule has 128 valence electrons. The van der Waals surface area contributed by atoms with Gasteiger partial charge in [0.2, 0.25) is 5.52 Å². The number of aryl methyl sites for hydroxylation is 1. The van der Waals surface area contributed by atoms with Crippen LogP contribution in [-0.2, 0) is 13.2 Å². The summed E-state index contributed by atoms with van der Waals surface area (Å²) in [5.74, 6) is 0. The Morgan fingerprint density at radius 3 is 2.76 bits per heavy atom. The number of fused-ring (bicyclic) bond motifs is 2. The largest absolute Gasteiger partial charge is 0.392 e. The minimum absolute atomic E-state index is 0.0885. The van der Waals surface area contributed by atoms with Crippen molar-refractivity contribution >= 4 is 45.1 Å². The minimum Gasteiger partial charge on any atom is -0.392 e. The first-order valence-corrected chi connectivity index (χ1v) is 10.2. The first-order chi connectivity index (χ1) is 12.2. The molecule has 0 fully saturated rings. The van der Waals surface area contributed by atoms with Crippen LogP contribution in [0.15, 0.2) is 52.4 Å². The lowest BCUT2D eigenvalue weighted by atomic mass is 10.2. The third-order valence-corrected chi connectivity index (χ3v) is 6.70. The Morgan fingerprint density at radius 1 is 1.16 bits per heavy atom. The van der Waals surface area contributed by atoms with Crippen molar-refractivity contribution < 1.29 is 9.67 Å². The predicted molar refractivity (Wildman–Crippen MR) is 107 cm³/mol. The summed E-state index contributed by atoms with van der Waals surface area (Å²) in [4.78, 5) is 3.70. The van der Waals surface area contributed by atoms with Crippen molar-refractivity contribution in [2.45, 2.75) is 31.9 Å². The molecule has 25 heavy (non-hydrogen) atoms. The highest BCUT2D eigenvalue weighted by Gasteiger charge is 2.26. The predicted octanol–water partition coefficient (Wildman–Crippen LogP) is 4.63. The number of aliphatic hydroxyl groups excluding tert-OH is 1. The van der Waals surface area contributed by atoms with Gasteiger partial charge in [0, 0.05) is 17.5 Å². The zero-order chi connectivity index (χ0) is 17.4. The van der Waals surface area contributed by atoms with Gasteiger partial charge in [-0.05, 0) is 37.6 Å². The van der Waals surface area contributed by atoms with Crippen molar-refractivity contribution in [3.8, 4) is 0 Å². The summed E-state index contributed by atoms with van der Waals surface area (Å²) in [7, 11) is 0. The molecule has 0 radical (unpaired) electrons. The number of benzene rings is 2. The van der Waals surface area contributed by atoms with E-state index in [1.165, 1.54) is 30.8 Å².